The summed E-state index contributed by atoms with van der Waals surface area (Å²) >= 11 is 0. The van der Waals surface area contributed by atoms with E-state index in [0.717, 1.165) is 19.1 Å². The van der Waals surface area contributed by atoms with E-state index in [-0.39, 0.29) is 0 Å². The van der Waals surface area contributed by atoms with Crippen LogP contribution >= 0.6 is 0 Å². The third kappa shape index (κ3) is 8.20. The third-order valence-electron chi connectivity index (χ3n) is 1.66. The highest BCUT2D eigenvalue weighted by Gasteiger charge is 2.19. The smallest absolute Gasteiger partial charge is 0.182 e. The average molecular weight is 190 g/mol. The molecule has 0 saturated carbocycles. The van der Waals surface area contributed by atoms with Crippen molar-refractivity contribution in [1.82, 2.24) is 5.32 Å². The van der Waals surface area contributed by atoms with Gasteiger partial charge in [0.25, 0.3) is 0 Å². The number of nitrogens with two attached hydrogens (primary N) is 1. The molecule has 4 N–H and O–H groups in total. The second-order valence-electron chi connectivity index (χ2n) is 4.11. The van der Waals surface area contributed by atoms with Crippen molar-refractivity contribution in [1.29, 1.82) is 0 Å². The van der Waals surface area contributed by atoms with E-state index in [1.165, 1.54) is 0 Å². The van der Waals surface area contributed by atoms with Crippen molar-refractivity contribution in [2.45, 2.75) is 26.1 Å². The Labute approximate surface area is 76.5 Å². The minimum absolute atomic E-state index is 0.559. The molecule has 0 aliphatic carbocycles. The molecule has 0 aliphatic heterocycles. The van der Waals surface area contributed by atoms with E-state index in [0.29, 0.717) is 12.5 Å². The number of rotatable bonds is 6. The van der Waals surface area contributed by atoms with Gasteiger partial charge in [-0.15, -0.1) is 0 Å². The standard InChI is InChI=1S/C8H22N2OSi/c1-8(6-10-5-4-9)7-12(2,3)11/h8,10-11H,4-7,9H2,1-3H3. The van der Waals surface area contributed by atoms with Crippen molar-refractivity contribution in [3.63, 3.8) is 0 Å². The highest BCUT2D eigenvalue weighted by atomic mass is 28.4. The van der Waals surface area contributed by atoms with Gasteiger partial charge in [-0.3, -0.25) is 0 Å². The summed E-state index contributed by atoms with van der Waals surface area (Å²) in [6, 6.07) is 0.963. The van der Waals surface area contributed by atoms with Gasteiger partial charge in [0.2, 0.25) is 0 Å². The minimum atomic E-state index is -1.85. The largest absolute Gasteiger partial charge is 0.432 e. The Balaban J connectivity index is 3.40. The Bertz CT molecular complexity index is 114. The van der Waals surface area contributed by atoms with E-state index in [9.17, 15) is 4.80 Å². The molecule has 12 heavy (non-hydrogen) atoms. The monoisotopic (exact) mass is 190 g/mol. The lowest BCUT2D eigenvalue weighted by Gasteiger charge is -2.19. The summed E-state index contributed by atoms with van der Waals surface area (Å²) in [5.41, 5.74) is 5.34. The molecule has 0 heterocycles. The molecular weight excluding hydrogens is 168 g/mol. The van der Waals surface area contributed by atoms with Gasteiger partial charge in [-0.05, 0) is 31.6 Å². The predicted molar refractivity (Wildman–Crippen MR) is 55.6 cm³/mol. The highest BCUT2D eigenvalue weighted by molar-refractivity contribution is 6.69. The summed E-state index contributed by atoms with van der Waals surface area (Å²) < 4.78 is 0. The third-order valence-corrected chi connectivity index (χ3v) is 3.36. The molecule has 0 bridgehead atoms. The van der Waals surface area contributed by atoms with Crippen LogP contribution in [-0.2, 0) is 0 Å². The zero-order chi connectivity index (χ0) is 9.61. The molecule has 1 atom stereocenters. The Morgan fingerprint density at radius 3 is 2.50 bits per heavy atom. The van der Waals surface area contributed by atoms with Crippen LogP contribution in [0.15, 0.2) is 0 Å². The van der Waals surface area contributed by atoms with Gasteiger partial charge in [0.1, 0.15) is 0 Å². The van der Waals surface area contributed by atoms with Gasteiger partial charge in [0, 0.05) is 13.1 Å². The molecular formula is C8H22N2OSi. The fourth-order valence-electron chi connectivity index (χ4n) is 1.38. The Morgan fingerprint density at radius 2 is 2.08 bits per heavy atom. The van der Waals surface area contributed by atoms with Gasteiger partial charge in [-0.25, -0.2) is 0 Å². The van der Waals surface area contributed by atoms with Crippen molar-refractivity contribution in [2.75, 3.05) is 19.6 Å². The molecule has 4 heteroatoms. The molecule has 0 aromatic carbocycles. The van der Waals surface area contributed by atoms with Gasteiger partial charge in [-0.2, -0.15) is 0 Å². The van der Waals surface area contributed by atoms with E-state index < -0.39 is 8.32 Å². The lowest BCUT2D eigenvalue weighted by atomic mass is 10.2. The lowest BCUT2D eigenvalue weighted by Crippen LogP contribution is -2.33. The maximum Gasteiger partial charge on any atom is 0.182 e. The van der Waals surface area contributed by atoms with Gasteiger partial charge in [-0.1, -0.05) is 6.92 Å². The molecule has 3 nitrogen and oxygen atoms in total. The highest BCUT2D eigenvalue weighted by Crippen LogP contribution is 2.12. The Kier molecular flexibility index (Phi) is 5.74. The van der Waals surface area contributed by atoms with E-state index in [1.807, 2.05) is 13.1 Å². The lowest BCUT2D eigenvalue weighted by molar-refractivity contribution is 0.495. The summed E-state index contributed by atoms with van der Waals surface area (Å²) in [6.07, 6.45) is 0. The summed E-state index contributed by atoms with van der Waals surface area (Å²) in [7, 11) is -1.85. The first-order valence-electron chi connectivity index (χ1n) is 4.59. The summed E-state index contributed by atoms with van der Waals surface area (Å²) in [4.78, 5) is 9.63. The predicted octanol–water partition coefficient (Wildman–Crippen LogP) is 0.368. The van der Waals surface area contributed by atoms with Crippen LogP contribution in [0.1, 0.15) is 6.92 Å². The molecule has 0 aliphatic rings. The maximum absolute atomic E-state index is 9.63. The first-order valence-corrected chi connectivity index (χ1v) is 7.74. The summed E-state index contributed by atoms with van der Waals surface area (Å²) in [5.74, 6) is 0.559. The van der Waals surface area contributed by atoms with Crippen molar-refractivity contribution >= 4 is 8.32 Å². The first kappa shape index (κ1) is 12.1. The van der Waals surface area contributed by atoms with Crippen LogP contribution in [0.3, 0.4) is 0 Å². The zero-order valence-corrected chi connectivity index (χ0v) is 9.43. The van der Waals surface area contributed by atoms with E-state index in [1.54, 1.807) is 0 Å². The van der Waals surface area contributed by atoms with Crippen LogP contribution in [0, 0.1) is 5.92 Å². The van der Waals surface area contributed by atoms with Crippen molar-refractivity contribution in [2.24, 2.45) is 11.7 Å². The fourth-order valence-corrected chi connectivity index (χ4v) is 3.23. The molecule has 0 amide bonds. The van der Waals surface area contributed by atoms with Crippen molar-refractivity contribution < 1.29 is 4.80 Å². The second-order valence-corrected chi connectivity index (χ2v) is 8.15. The summed E-state index contributed by atoms with van der Waals surface area (Å²) in [5, 5.41) is 3.24. The SMILES string of the molecule is CC(CNCCN)C[Si](C)(C)O. The number of nitrogens with one attached hydrogen (secondary N) is 1. The Hall–Kier alpha value is 0.0969. The van der Waals surface area contributed by atoms with Crippen LogP contribution in [0.25, 0.3) is 0 Å². The van der Waals surface area contributed by atoms with Crippen LogP contribution in [0.2, 0.25) is 19.1 Å². The van der Waals surface area contributed by atoms with Crippen LogP contribution in [-0.4, -0.2) is 32.7 Å². The molecule has 74 valence electrons. The van der Waals surface area contributed by atoms with Crippen molar-refractivity contribution in [3.8, 4) is 0 Å². The van der Waals surface area contributed by atoms with E-state index >= 15 is 0 Å². The minimum Gasteiger partial charge on any atom is -0.432 e. The normalized spacial score (nSPS) is 14.8. The topological polar surface area (TPSA) is 58.3 Å². The fraction of sp³-hybridized carbons (Fsp3) is 1.00. The van der Waals surface area contributed by atoms with Crippen LogP contribution < -0.4 is 11.1 Å². The zero-order valence-electron chi connectivity index (χ0n) is 8.43. The molecule has 0 spiro atoms. The van der Waals surface area contributed by atoms with Crippen LogP contribution in [0.4, 0.5) is 0 Å². The van der Waals surface area contributed by atoms with Gasteiger partial charge in [0.15, 0.2) is 8.32 Å². The average Bonchev–Trinajstić information content (AvgIpc) is 1.84. The molecule has 0 rings (SSSR count). The first-order chi connectivity index (χ1) is 5.45. The molecule has 0 aromatic rings. The second kappa shape index (κ2) is 5.69. The van der Waals surface area contributed by atoms with Gasteiger partial charge in [0.05, 0.1) is 0 Å². The van der Waals surface area contributed by atoms with Gasteiger partial charge >= 0.3 is 0 Å². The molecule has 0 saturated heterocycles. The molecule has 0 radical (unpaired) electrons. The number of hydrogen-bond donors (Lipinski definition) is 3. The maximum atomic E-state index is 9.63. The quantitative estimate of drug-likeness (QED) is 0.419. The van der Waals surface area contributed by atoms with Gasteiger partial charge < -0.3 is 15.8 Å². The molecule has 1 unspecified atom stereocenters. The van der Waals surface area contributed by atoms with Crippen molar-refractivity contribution in [3.05, 3.63) is 0 Å². The summed E-state index contributed by atoms with van der Waals surface area (Å²) in [6.45, 7) is 8.64. The molecule has 0 aromatic heterocycles. The van der Waals surface area contributed by atoms with Crippen LogP contribution in [0.5, 0.6) is 0 Å². The molecule has 0 fully saturated rings. The van der Waals surface area contributed by atoms with E-state index in [4.69, 9.17) is 5.73 Å². The van der Waals surface area contributed by atoms with E-state index in [2.05, 4.69) is 12.2 Å². The Morgan fingerprint density at radius 1 is 1.50 bits per heavy atom. The number of hydrogen-bond acceptors (Lipinski definition) is 3.